The van der Waals surface area contributed by atoms with Gasteiger partial charge in [-0.05, 0) is 41.8 Å². The lowest BCUT2D eigenvalue weighted by Gasteiger charge is -2.23. The zero-order valence-electron chi connectivity index (χ0n) is 15.1. The molecule has 0 aliphatic carbocycles. The number of hydrogen-bond acceptors (Lipinski definition) is 3. The van der Waals surface area contributed by atoms with E-state index in [0.717, 1.165) is 15.8 Å². The van der Waals surface area contributed by atoms with Gasteiger partial charge in [0.2, 0.25) is 5.91 Å². The number of ether oxygens (including phenoxy) is 1. The SMILES string of the molecule is COc1ccc(C(NC(=O)CNC(=O)c2cccc(Br)c2)C(C)C)cc1. The number of hydrogen-bond donors (Lipinski definition) is 2. The standard InChI is InChI=1S/C20H23BrN2O3/c1-13(2)19(14-7-9-17(26-3)10-8-14)23-18(24)12-22-20(25)15-5-4-6-16(21)11-15/h4-11,13,19H,12H2,1-3H3,(H,22,25)(H,23,24). The molecule has 26 heavy (non-hydrogen) atoms. The third-order valence-electron chi connectivity index (χ3n) is 3.95. The molecule has 6 heteroatoms. The Morgan fingerprint density at radius 3 is 2.38 bits per heavy atom. The van der Waals surface area contributed by atoms with Crippen molar-refractivity contribution in [2.75, 3.05) is 13.7 Å². The average molecular weight is 419 g/mol. The van der Waals surface area contributed by atoms with E-state index in [-0.39, 0.29) is 30.3 Å². The van der Waals surface area contributed by atoms with E-state index >= 15 is 0 Å². The molecular weight excluding hydrogens is 396 g/mol. The molecule has 1 unspecified atom stereocenters. The number of nitrogens with one attached hydrogen (secondary N) is 2. The summed E-state index contributed by atoms with van der Waals surface area (Å²) in [5, 5.41) is 5.63. The highest BCUT2D eigenvalue weighted by Crippen LogP contribution is 2.23. The summed E-state index contributed by atoms with van der Waals surface area (Å²) in [5.41, 5.74) is 1.50. The van der Waals surface area contributed by atoms with Crippen molar-refractivity contribution in [1.29, 1.82) is 0 Å². The molecule has 1 atom stereocenters. The van der Waals surface area contributed by atoms with E-state index in [9.17, 15) is 9.59 Å². The second-order valence-corrected chi connectivity index (χ2v) is 7.17. The molecule has 0 bridgehead atoms. The van der Waals surface area contributed by atoms with Gasteiger partial charge in [0.1, 0.15) is 5.75 Å². The zero-order valence-corrected chi connectivity index (χ0v) is 16.7. The molecule has 0 spiro atoms. The molecule has 0 heterocycles. The van der Waals surface area contributed by atoms with E-state index in [1.165, 1.54) is 0 Å². The fraction of sp³-hybridized carbons (Fsp3) is 0.300. The second-order valence-electron chi connectivity index (χ2n) is 6.26. The van der Waals surface area contributed by atoms with Gasteiger partial charge in [0.15, 0.2) is 0 Å². The van der Waals surface area contributed by atoms with Crippen LogP contribution in [0.4, 0.5) is 0 Å². The third kappa shape index (κ3) is 5.59. The summed E-state index contributed by atoms with van der Waals surface area (Å²) in [6.45, 7) is 4.00. The van der Waals surface area contributed by atoms with Gasteiger partial charge in [-0.25, -0.2) is 0 Å². The maximum Gasteiger partial charge on any atom is 0.251 e. The number of methoxy groups -OCH3 is 1. The van der Waals surface area contributed by atoms with Crippen molar-refractivity contribution >= 4 is 27.7 Å². The first-order chi connectivity index (χ1) is 12.4. The summed E-state index contributed by atoms with van der Waals surface area (Å²) in [7, 11) is 1.62. The van der Waals surface area contributed by atoms with Crippen LogP contribution in [-0.2, 0) is 4.79 Å². The van der Waals surface area contributed by atoms with Crippen LogP contribution in [0, 0.1) is 5.92 Å². The smallest absolute Gasteiger partial charge is 0.251 e. The highest BCUT2D eigenvalue weighted by atomic mass is 79.9. The van der Waals surface area contributed by atoms with E-state index in [1.54, 1.807) is 25.3 Å². The van der Waals surface area contributed by atoms with Crippen molar-refractivity contribution in [3.05, 3.63) is 64.1 Å². The number of amides is 2. The van der Waals surface area contributed by atoms with Crippen molar-refractivity contribution in [3.63, 3.8) is 0 Å². The third-order valence-corrected chi connectivity index (χ3v) is 4.45. The minimum absolute atomic E-state index is 0.0786. The predicted octanol–water partition coefficient (Wildman–Crippen LogP) is 3.70. The second kappa shape index (κ2) is 9.38. The maximum absolute atomic E-state index is 12.3. The first-order valence-electron chi connectivity index (χ1n) is 8.37. The van der Waals surface area contributed by atoms with Gasteiger partial charge >= 0.3 is 0 Å². The van der Waals surface area contributed by atoms with Gasteiger partial charge in [0.05, 0.1) is 19.7 Å². The Labute approximate surface area is 162 Å². The zero-order chi connectivity index (χ0) is 19.1. The first kappa shape index (κ1) is 20.0. The summed E-state index contributed by atoms with van der Waals surface area (Å²) in [5.74, 6) is 0.451. The molecule has 0 fully saturated rings. The van der Waals surface area contributed by atoms with E-state index < -0.39 is 0 Å². The van der Waals surface area contributed by atoms with E-state index in [2.05, 4.69) is 26.6 Å². The van der Waals surface area contributed by atoms with Crippen LogP contribution in [0.3, 0.4) is 0 Å². The van der Waals surface area contributed by atoms with Crippen LogP contribution in [0.5, 0.6) is 5.75 Å². The lowest BCUT2D eigenvalue weighted by atomic mass is 9.96. The van der Waals surface area contributed by atoms with E-state index in [0.29, 0.717) is 5.56 Å². The molecule has 2 amide bonds. The molecule has 0 saturated heterocycles. The number of carbonyl (C=O) groups is 2. The molecule has 2 N–H and O–H groups in total. The Hall–Kier alpha value is -2.34. The van der Waals surface area contributed by atoms with Crippen molar-refractivity contribution in [2.45, 2.75) is 19.9 Å². The van der Waals surface area contributed by atoms with Gasteiger partial charge in [0, 0.05) is 10.0 Å². The Bertz CT molecular complexity index is 760. The summed E-state index contributed by atoms with van der Waals surface area (Å²) in [6, 6.07) is 14.5. The molecule has 5 nitrogen and oxygen atoms in total. The van der Waals surface area contributed by atoms with Gasteiger partial charge in [-0.1, -0.05) is 48.0 Å². The molecule has 0 saturated carbocycles. The highest BCUT2D eigenvalue weighted by molar-refractivity contribution is 9.10. The Morgan fingerprint density at radius 1 is 1.12 bits per heavy atom. The molecule has 0 radical (unpaired) electrons. The molecule has 0 aromatic heterocycles. The van der Waals surface area contributed by atoms with Crippen LogP contribution in [0.2, 0.25) is 0 Å². The van der Waals surface area contributed by atoms with Gasteiger partial charge in [-0.2, -0.15) is 0 Å². The lowest BCUT2D eigenvalue weighted by molar-refractivity contribution is -0.121. The van der Waals surface area contributed by atoms with Gasteiger partial charge < -0.3 is 15.4 Å². The Balaban J connectivity index is 1.96. The van der Waals surface area contributed by atoms with Crippen molar-refractivity contribution in [2.24, 2.45) is 5.92 Å². The van der Waals surface area contributed by atoms with Crippen LogP contribution in [-0.4, -0.2) is 25.5 Å². The van der Waals surface area contributed by atoms with Crippen LogP contribution in [0.1, 0.15) is 35.8 Å². The molecule has 0 aliphatic heterocycles. The summed E-state index contributed by atoms with van der Waals surface area (Å²) >= 11 is 3.33. The lowest BCUT2D eigenvalue weighted by Crippen LogP contribution is -2.40. The largest absolute Gasteiger partial charge is 0.497 e. The number of halogens is 1. The van der Waals surface area contributed by atoms with Crippen molar-refractivity contribution < 1.29 is 14.3 Å². The van der Waals surface area contributed by atoms with E-state index in [1.807, 2.05) is 44.2 Å². The summed E-state index contributed by atoms with van der Waals surface area (Å²) < 4.78 is 5.98. The first-order valence-corrected chi connectivity index (χ1v) is 9.17. The topological polar surface area (TPSA) is 67.4 Å². The Kier molecular flexibility index (Phi) is 7.21. The molecular formula is C20H23BrN2O3. The normalized spacial score (nSPS) is 11.7. The quantitative estimate of drug-likeness (QED) is 0.719. The van der Waals surface area contributed by atoms with Gasteiger partial charge in [-0.15, -0.1) is 0 Å². The van der Waals surface area contributed by atoms with Crippen LogP contribution in [0.15, 0.2) is 53.0 Å². The minimum Gasteiger partial charge on any atom is -0.497 e. The molecule has 2 aromatic rings. The molecule has 2 rings (SSSR count). The molecule has 138 valence electrons. The molecule has 0 aliphatic rings. The number of benzene rings is 2. The summed E-state index contributed by atoms with van der Waals surface area (Å²) in [6.07, 6.45) is 0. The Morgan fingerprint density at radius 2 is 1.81 bits per heavy atom. The van der Waals surface area contributed by atoms with Crippen LogP contribution < -0.4 is 15.4 Å². The van der Waals surface area contributed by atoms with Crippen LogP contribution in [0.25, 0.3) is 0 Å². The van der Waals surface area contributed by atoms with Crippen molar-refractivity contribution in [1.82, 2.24) is 10.6 Å². The monoisotopic (exact) mass is 418 g/mol. The minimum atomic E-state index is -0.285. The average Bonchev–Trinajstić information content (AvgIpc) is 2.64. The maximum atomic E-state index is 12.3. The highest BCUT2D eigenvalue weighted by Gasteiger charge is 2.19. The van der Waals surface area contributed by atoms with E-state index in [4.69, 9.17) is 4.74 Å². The summed E-state index contributed by atoms with van der Waals surface area (Å²) in [4.78, 5) is 24.4. The predicted molar refractivity (Wildman–Crippen MR) is 105 cm³/mol. The van der Waals surface area contributed by atoms with Crippen LogP contribution >= 0.6 is 15.9 Å². The number of carbonyl (C=O) groups excluding carboxylic acids is 2. The van der Waals surface area contributed by atoms with Gasteiger partial charge in [0.25, 0.3) is 5.91 Å². The molecule has 2 aromatic carbocycles. The van der Waals surface area contributed by atoms with Crippen molar-refractivity contribution in [3.8, 4) is 5.75 Å². The number of rotatable bonds is 7. The fourth-order valence-corrected chi connectivity index (χ4v) is 2.96. The fourth-order valence-electron chi connectivity index (χ4n) is 2.56. The van der Waals surface area contributed by atoms with Gasteiger partial charge in [-0.3, -0.25) is 9.59 Å².